The van der Waals surface area contributed by atoms with Crippen LogP contribution in [0.15, 0.2) is 23.7 Å². The van der Waals surface area contributed by atoms with Crippen LogP contribution in [0.3, 0.4) is 0 Å². The maximum Gasteiger partial charge on any atom is 0.257 e. The molecule has 2 heterocycles. The number of alkyl halides is 1. The van der Waals surface area contributed by atoms with Crippen LogP contribution in [0.1, 0.15) is 50.8 Å². The molecule has 1 saturated heterocycles. The summed E-state index contributed by atoms with van der Waals surface area (Å²) in [7, 11) is 0. The molecule has 4 N–H and O–H groups in total. The summed E-state index contributed by atoms with van der Waals surface area (Å²) in [6.07, 6.45) is -0.0703. The molecule has 0 spiro atoms. The summed E-state index contributed by atoms with van der Waals surface area (Å²) in [4.78, 5) is 55.3. The van der Waals surface area contributed by atoms with E-state index in [4.69, 9.17) is 4.74 Å². The van der Waals surface area contributed by atoms with E-state index in [2.05, 4.69) is 20.9 Å². The van der Waals surface area contributed by atoms with E-state index in [9.17, 15) is 28.7 Å². The Balaban J connectivity index is 1.46. The number of hydrogen-bond acceptors (Lipinski definition) is 9. The van der Waals surface area contributed by atoms with Crippen molar-refractivity contribution < 1.29 is 33.4 Å². The van der Waals surface area contributed by atoms with Gasteiger partial charge in [-0.25, -0.2) is 9.37 Å². The quantitative estimate of drug-likeness (QED) is 0.210. The lowest BCUT2D eigenvalue weighted by Crippen LogP contribution is -2.60. The smallest absolute Gasteiger partial charge is 0.257 e. The van der Waals surface area contributed by atoms with Gasteiger partial charge in [0.25, 0.3) is 5.91 Å². The monoisotopic (exact) mass is 574 g/mol. The Hall–Kier alpha value is -3.22. The molecule has 1 aliphatic heterocycles. The minimum atomic E-state index is -1.82. The van der Waals surface area contributed by atoms with Gasteiger partial charge in [-0.1, -0.05) is 26.0 Å². The molecule has 0 bridgehead atoms. The Morgan fingerprint density at radius 2 is 2.02 bits per heavy atom. The van der Waals surface area contributed by atoms with Crippen LogP contribution in [-0.4, -0.2) is 71.0 Å². The van der Waals surface area contributed by atoms with Crippen molar-refractivity contribution in [2.24, 2.45) is 5.41 Å². The molecule has 2 amide bonds. The van der Waals surface area contributed by atoms with E-state index in [-0.39, 0.29) is 51.9 Å². The van der Waals surface area contributed by atoms with E-state index in [1.54, 1.807) is 31.5 Å². The molecule has 2 unspecified atom stereocenters. The Bertz CT molecular complexity index is 1290. The maximum absolute atomic E-state index is 14.0. The van der Waals surface area contributed by atoms with Gasteiger partial charge in [0.05, 0.1) is 22.2 Å². The molecule has 10 nitrogen and oxygen atoms in total. The first kappa shape index (κ1) is 29.8. The number of aldehydes is 1. The fourth-order valence-corrected chi connectivity index (χ4v) is 5.57. The second-order valence-corrected chi connectivity index (χ2v) is 12.2. The molecule has 2 aliphatic rings. The van der Waals surface area contributed by atoms with Gasteiger partial charge in [-0.05, 0) is 36.8 Å². The standard InChI is InChI=1S/C28H35FN4O6S/c1-17-23(40-16-32-17)18-4-5-19(21(10-18)39-9-8-34)13-30-25(38)28(11-20(35)14-33-28)22(36)12-26(2,3)15-31-24(37)27(29)6-7-27/h4-5,8,10,16,20,33,35H,6-7,9,11-15H2,1-3H3,(H,30,38)(H,31,37). The molecule has 1 aliphatic carbocycles. The zero-order chi connectivity index (χ0) is 29.1. The Morgan fingerprint density at radius 1 is 1.27 bits per heavy atom. The van der Waals surface area contributed by atoms with Gasteiger partial charge < -0.3 is 20.5 Å². The lowest BCUT2D eigenvalue weighted by molar-refractivity contribution is -0.139. The van der Waals surface area contributed by atoms with Crippen LogP contribution in [0.25, 0.3) is 10.4 Å². The van der Waals surface area contributed by atoms with Gasteiger partial charge in [0.2, 0.25) is 5.91 Å². The van der Waals surface area contributed by atoms with Crippen LogP contribution in [0.5, 0.6) is 5.75 Å². The number of aliphatic hydroxyl groups excluding tert-OH is 1. The van der Waals surface area contributed by atoms with Crippen LogP contribution < -0.4 is 20.7 Å². The molecule has 1 aromatic carbocycles. The molecule has 1 aromatic heterocycles. The fourth-order valence-electron chi connectivity index (χ4n) is 4.77. The first-order chi connectivity index (χ1) is 18.9. The molecule has 1 saturated carbocycles. The third kappa shape index (κ3) is 6.56. The molecule has 4 rings (SSSR count). The Kier molecular flexibility index (Phi) is 8.72. The number of Topliss-reactive ketones (excluding diaryl/α,β-unsaturated/α-hetero) is 1. The highest BCUT2D eigenvalue weighted by Crippen LogP contribution is 2.40. The van der Waals surface area contributed by atoms with E-state index in [0.717, 1.165) is 16.1 Å². The highest BCUT2D eigenvalue weighted by molar-refractivity contribution is 7.13. The Morgan fingerprint density at radius 3 is 2.62 bits per heavy atom. The number of nitrogens with one attached hydrogen (secondary N) is 3. The lowest BCUT2D eigenvalue weighted by atomic mass is 9.79. The molecule has 2 atom stereocenters. The van der Waals surface area contributed by atoms with Crippen LogP contribution in [0, 0.1) is 12.3 Å². The summed E-state index contributed by atoms with van der Waals surface area (Å²) in [5.74, 6) is -1.30. The van der Waals surface area contributed by atoms with Gasteiger partial charge in [-0.3, -0.25) is 24.5 Å². The number of ketones is 1. The van der Waals surface area contributed by atoms with E-state index in [0.29, 0.717) is 17.6 Å². The summed E-state index contributed by atoms with van der Waals surface area (Å²) >= 11 is 1.48. The number of hydrogen-bond donors (Lipinski definition) is 4. The first-order valence-electron chi connectivity index (χ1n) is 13.2. The summed E-state index contributed by atoms with van der Waals surface area (Å²) in [5.41, 5.74) is -0.182. The van der Waals surface area contributed by atoms with Gasteiger partial charge in [-0.2, -0.15) is 0 Å². The van der Waals surface area contributed by atoms with Crippen molar-refractivity contribution in [2.45, 2.75) is 70.3 Å². The number of thiazole rings is 1. The van der Waals surface area contributed by atoms with Crippen molar-refractivity contribution in [1.29, 1.82) is 0 Å². The third-order valence-corrected chi connectivity index (χ3v) is 8.31. The van der Waals surface area contributed by atoms with Gasteiger partial charge in [0.15, 0.2) is 23.3 Å². The van der Waals surface area contributed by atoms with Crippen LogP contribution in [-0.2, 0) is 25.7 Å². The number of β-amino-alcohol motifs (C(OH)–C–C–N with tert-alkyl or cyclic N) is 1. The topological polar surface area (TPSA) is 147 Å². The minimum Gasteiger partial charge on any atom is -0.486 e. The first-order valence-corrected chi connectivity index (χ1v) is 14.1. The van der Waals surface area contributed by atoms with Crippen molar-refractivity contribution >= 4 is 35.2 Å². The van der Waals surface area contributed by atoms with E-state index < -0.39 is 40.3 Å². The second-order valence-electron chi connectivity index (χ2n) is 11.3. The third-order valence-electron chi connectivity index (χ3n) is 7.33. The number of amides is 2. The molecule has 2 fully saturated rings. The number of aryl methyl sites for hydroxylation is 1. The highest BCUT2D eigenvalue weighted by atomic mass is 32.1. The molecule has 12 heteroatoms. The van der Waals surface area contributed by atoms with Crippen LogP contribution in [0.2, 0.25) is 0 Å². The number of aliphatic hydroxyl groups is 1. The van der Waals surface area contributed by atoms with Crippen LogP contribution >= 0.6 is 11.3 Å². The number of carbonyl (C=O) groups excluding carboxylic acids is 4. The summed E-state index contributed by atoms with van der Waals surface area (Å²) in [6, 6.07) is 5.43. The maximum atomic E-state index is 14.0. The zero-order valence-electron chi connectivity index (χ0n) is 22.8. The van der Waals surface area contributed by atoms with Gasteiger partial charge in [0.1, 0.15) is 12.4 Å². The number of halogens is 1. The van der Waals surface area contributed by atoms with Crippen LogP contribution in [0.4, 0.5) is 4.39 Å². The number of rotatable bonds is 13. The Labute approximate surface area is 236 Å². The molecule has 40 heavy (non-hydrogen) atoms. The average Bonchev–Trinajstić information content (AvgIpc) is 3.31. The molecule has 2 aromatic rings. The van der Waals surface area contributed by atoms with Crippen molar-refractivity contribution in [3.63, 3.8) is 0 Å². The second kappa shape index (κ2) is 11.7. The number of nitrogens with zero attached hydrogens (tertiary/aromatic N) is 1. The predicted molar refractivity (Wildman–Crippen MR) is 147 cm³/mol. The molecule has 0 radical (unpaired) electrons. The van der Waals surface area contributed by atoms with E-state index in [1.807, 2.05) is 13.0 Å². The highest BCUT2D eigenvalue weighted by Gasteiger charge is 2.53. The van der Waals surface area contributed by atoms with Crippen molar-refractivity contribution in [3.05, 3.63) is 35.0 Å². The summed E-state index contributed by atoms with van der Waals surface area (Å²) in [6.45, 7) is 5.37. The molecule has 216 valence electrons. The minimum absolute atomic E-state index is 0.0137. The SMILES string of the molecule is Cc1ncsc1-c1ccc(CNC(=O)C2(C(=O)CC(C)(C)CNC(=O)C3(F)CC3)CC(O)CN2)c(OCC=O)c1. The average molecular weight is 575 g/mol. The summed E-state index contributed by atoms with van der Waals surface area (Å²) < 4.78 is 19.7. The largest absolute Gasteiger partial charge is 0.486 e. The number of benzene rings is 1. The van der Waals surface area contributed by atoms with Crippen molar-refractivity contribution in [1.82, 2.24) is 20.9 Å². The molecular formula is C28H35FN4O6S. The number of carbonyl (C=O) groups is 4. The normalized spacial score (nSPS) is 21.5. The van der Waals surface area contributed by atoms with Gasteiger partial charge in [0, 0.05) is 38.0 Å². The van der Waals surface area contributed by atoms with Crippen molar-refractivity contribution in [3.8, 4) is 16.2 Å². The fraction of sp³-hybridized carbons (Fsp3) is 0.536. The van der Waals surface area contributed by atoms with Crippen molar-refractivity contribution in [2.75, 3.05) is 19.7 Å². The van der Waals surface area contributed by atoms with Gasteiger partial charge in [-0.15, -0.1) is 11.3 Å². The number of ether oxygens (including phenoxy) is 1. The molecular weight excluding hydrogens is 539 g/mol. The predicted octanol–water partition coefficient (Wildman–Crippen LogP) is 2.01. The van der Waals surface area contributed by atoms with E-state index >= 15 is 0 Å². The number of aromatic nitrogens is 1. The van der Waals surface area contributed by atoms with E-state index in [1.165, 1.54) is 11.3 Å². The summed E-state index contributed by atoms with van der Waals surface area (Å²) in [5, 5.41) is 18.6. The lowest BCUT2D eigenvalue weighted by Gasteiger charge is -2.32. The zero-order valence-corrected chi connectivity index (χ0v) is 23.7. The van der Waals surface area contributed by atoms with Gasteiger partial charge >= 0.3 is 0 Å².